The van der Waals surface area contributed by atoms with Crippen LogP contribution in [0.4, 0.5) is 4.39 Å². The fourth-order valence-electron chi connectivity index (χ4n) is 2.49. The predicted octanol–water partition coefficient (Wildman–Crippen LogP) is 2.35. The van der Waals surface area contributed by atoms with E-state index in [2.05, 4.69) is 5.32 Å². The zero-order valence-electron chi connectivity index (χ0n) is 12.0. The number of carbonyl (C=O) groups excluding carboxylic acids is 2. The summed E-state index contributed by atoms with van der Waals surface area (Å²) >= 11 is 5.77. The average Bonchev–Trinajstić information content (AvgIpc) is 2.47. The van der Waals surface area contributed by atoms with E-state index >= 15 is 0 Å². The Bertz CT molecular complexity index is 565. The summed E-state index contributed by atoms with van der Waals surface area (Å²) in [7, 11) is 0. The third kappa shape index (κ3) is 3.18. The molecule has 114 valence electrons. The Morgan fingerprint density at radius 3 is 2.86 bits per heavy atom. The Kier molecular flexibility index (Phi) is 4.83. The van der Waals surface area contributed by atoms with E-state index in [1.54, 1.807) is 12.1 Å². The number of benzene rings is 1. The minimum absolute atomic E-state index is 0.00324. The maximum atomic E-state index is 14.0. The number of rotatable bonds is 4. The van der Waals surface area contributed by atoms with Gasteiger partial charge in [-0.3, -0.25) is 9.59 Å². The highest BCUT2D eigenvalue weighted by molar-refractivity contribution is 6.30. The van der Waals surface area contributed by atoms with Gasteiger partial charge in [-0.25, -0.2) is 4.39 Å². The molecule has 1 aromatic carbocycles. The van der Waals surface area contributed by atoms with Crippen molar-refractivity contribution in [2.75, 3.05) is 6.54 Å². The lowest BCUT2D eigenvalue weighted by Gasteiger charge is -2.38. The molecular formula is C15H18ClFN2O2. The summed E-state index contributed by atoms with van der Waals surface area (Å²) in [6, 6.07) is 4.09. The van der Waals surface area contributed by atoms with E-state index in [-0.39, 0.29) is 35.8 Å². The molecule has 1 aliphatic heterocycles. The third-order valence-corrected chi connectivity index (χ3v) is 4.19. The Hall–Kier alpha value is -1.62. The molecule has 2 rings (SSSR count). The van der Waals surface area contributed by atoms with E-state index in [0.29, 0.717) is 5.56 Å². The summed E-state index contributed by atoms with van der Waals surface area (Å²) in [6.45, 7) is 3.86. The average molecular weight is 313 g/mol. The Morgan fingerprint density at radius 1 is 1.48 bits per heavy atom. The number of piperazine rings is 1. The van der Waals surface area contributed by atoms with Gasteiger partial charge < -0.3 is 10.2 Å². The quantitative estimate of drug-likeness (QED) is 0.928. The predicted molar refractivity (Wildman–Crippen MR) is 78.2 cm³/mol. The minimum atomic E-state index is -0.574. The number of hydrogen-bond donors (Lipinski definition) is 1. The fourth-order valence-corrected chi connectivity index (χ4v) is 2.69. The molecule has 1 saturated heterocycles. The zero-order valence-corrected chi connectivity index (χ0v) is 12.8. The van der Waals surface area contributed by atoms with Crippen molar-refractivity contribution in [3.8, 4) is 0 Å². The highest BCUT2D eigenvalue weighted by atomic mass is 35.5. The minimum Gasteiger partial charge on any atom is -0.345 e. The van der Waals surface area contributed by atoms with Crippen molar-refractivity contribution in [1.29, 1.82) is 0 Å². The van der Waals surface area contributed by atoms with Crippen LogP contribution in [0.1, 0.15) is 25.8 Å². The second-order valence-electron chi connectivity index (χ2n) is 5.28. The summed E-state index contributed by atoms with van der Waals surface area (Å²) < 4.78 is 14.0. The number of nitrogens with zero attached hydrogens (tertiary/aromatic N) is 1. The molecular weight excluding hydrogens is 295 g/mol. The van der Waals surface area contributed by atoms with Crippen LogP contribution in [0.15, 0.2) is 18.2 Å². The van der Waals surface area contributed by atoms with Crippen LogP contribution >= 0.6 is 11.6 Å². The number of hydrogen-bond acceptors (Lipinski definition) is 2. The van der Waals surface area contributed by atoms with Gasteiger partial charge in [-0.15, -0.1) is 0 Å². The summed E-state index contributed by atoms with van der Waals surface area (Å²) in [4.78, 5) is 25.6. The Labute approximate surface area is 128 Å². The first-order chi connectivity index (χ1) is 9.95. The first kappa shape index (κ1) is 15.8. The topological polar surface area (TPSA) is 49.4 Å². The number of nitrogens with one attached hydrogen (secondary N) is 1. The van der Waals surface area contributed by atoms with E-state index < -0.39 is 11.9 Å². The largest absolute Gasteiger partial charge is 0.345 e. The van der Waals surface area contributed by atoms with Crippen LogP contribution in [0.2, 0.25) is 5.02 Å². The normalized spacial score (nSPS) is 20.4. The molecule has 1 aliphatic rings. The molecule has 1 heterocycles. The molecule has 0 aromatic heterocycles. The van der Waals surface area contributed by atoms with Gasteiger partial charge in [0.25, 0.3) is 0 Å². The van der Waals surface area contributed by atoms with Crippen molar-refractivity contribution in [2.45, 2.75) is 32.9 Å². The maximum Gasteiger partial charge on any atom is 0.243 e. The van der Waals surface area contributed by atoms with Gasteiger partial charge in [-0.05, 0) is 12.0 Å². The molecule has 21 heavy (non-hydrogen) atoms. The lowest BCUT2D eigenvalue weighted by molar-refractivity contribution is -0.148. The smallest absolute Gasteiger partial charge is 0.243 e. The zero-order chi connectivity index (χ0) is 15.6. The molecule has 0 aliphatic carbocycles. The van der Waals surface area contributed by atoms with Crippen molar-refractivity contribution in [1.82, 2.24) is 10.2 Å². The van der Waals surface area contributed by atoms with Crippen LogP contribution in [0.3, 0.4) is 0 Å². The molecule has 6 heteroatoms. The van der Waals surface area contributed by atoms with Crippen LogP contribution in [0, 0.1) is 11.7 Å². The fraction of sp³-hybridized carbons (Fsp3) is 0.467. The van der Waals surface area contributed by atoms with Crippen LogP contribution in [0.25, 0.3) is 0 Å². The molecule has 1 fully saturated rings. The first-order valence-corrected chi connectivity index (χ1v) is 7.33. The van der Waals surface area contributed by atoms with Crippen LogP contribution in [-0.2, 0) is 16.1 Å². The van der Waals surface area contributed by atoms with Gasteiger partial charge in [0.2, 0.25) is 11.8 Å². The highest BCUT2D eigenvalue weighted by Gasteiger charge is 2.37. The summed E-state index contributed by atoms with van der Waals surface area (Å²) in [6.07, 6.45) is 0.750. The second-order valence-corrected chi connectivity index (χ2v) is 5.69. The van der Waals surface area contributed by atoms with E-state index in [9.17, 15) is 14.0 Å². The van der Waals surface area contributed by atoms with Gasteiger partial charge in [-0.2, -0.15) is 0 Å². The van der Waals surface area contributed by atoms with Crippen molar-refractivity contribution in [3.63, 3.8) is 0 Å². The van der Waals surface area contributed by atoms with Crippen LogP contribution < -0.4 is 5.32 Å². The third-order valence-electron chi connectivity index (χ3n) is 3.89. The van der Waals surface area contributed by atoms with Crippen molar-refractivity contribution < 1.29 is 14.0 Å². The van der Waals surface area contributed by atoms with E-state index in [1.165, 1.54) is 11.0 Å². The Morgan fingerprint density at radius 2 is 2.19 bits per heavy atom. The molecule has 2 amide bonds. The number of amides is 2. The molecule has 0 bridgehead atoms. The molecule has 0 radical (unpaired) electrons. The van der Waals surface area contributed by atoms with Gasteiger partial charge in [0, 0.05) is 12.1 Å². The van der Waals surface area contributed by atoms with Crippen LogP contribution in [-0.4, -0.2) is 29.3 Å². The second kappa shape index (κ2) is 6.43. The van der Waals surface area contributed by atoms with Gasteiger partial charge in [0.05, 0.1) is 11.6 Å². The molecule has 0 saturated carbocycles. The molecule has 1 N–H and O–H groups in total. The summed E-state index contributed by atoms with van der Waals surface area (Å²) in [5.74, 6) is -0.942. The maximum absolute atomic E-state index is 14.0. The monoisotopic (exact) mass is 312 g/mol. The molecule has 2 atom stereocenters. The van der Waals surface area contributed by atoms with Gasteiger partial charge in [0.1, 0.15) is 11.9 Å². The van der Waals surface area contributed by atoms with E-state index in [4.69, 9.17) is 11.6 Å². The van der Waals surface area contributed by atoms with Gasteiger partial charge >= 0.3 is 0 Å². The molecule has 2 unspecified atom stereocenters. The molecule has 0 spiro atoms. The highest BCUT2D eigenvalue weighted by Crippen LogP contribution is 2.24. The standard InChI is InChI=1S/C15H18ClFN2O2/c1-3-9(2)14-15(21)18-7-12(20)19(14)8-10-5-4-6-11(16)13(10)17/h4-6,9,14H,3,7-8H2,1-2H3,(H,18,21). The molecule has 4 nitrogen and oxygen atoms in total. The van der Waals surface area contributed by atoms with Crippen LogP contribution in [0.5, 0.6) is 0 Å². The summed E-state index contributed by atoms with van der Waals surface area (Å²) in [5.41, 5.74) is 0.318. The first-order valence-electron chi connectivity index (χ1n) is 6.95. The van der Waals surface area contributed by atoms with Crippen molar-refractivity contribution >= 4 is 23.4 Å². The van der Waals surface area contributed by atoms with Gasteiger partial charge in [0.15, 0.2) is 0 Å². The lowest BCUT2D eigenvalue weighted by atomic mass is 9.94. The van der Waals surface area contributed by atoms with E-state index in [0.717, 1.165) is 6.42 Å². The number of halogens is 2. The SMILES string of the molecule is CCC(C)C1C(=O)NCC(=O)N1Cc1cccc(Cl)c1F. The van der Waals surface area contributed by atoms with Crippen molar-refractivity contribution in [3.05, 3.63) is 34.6 Å². The van der Waals surface area contributed by atoms with Crippen molar-refractivity contribution in [2.24, 2.45) is 5.92 Å². The molecule has 1 aromatic rings. The summed E-state index contributed by atoms with van der Waals surface area (Å²) in [5, 5.41) is 2.60. The lowest BCUT2D eigenvalue weighted by Crippen LogP contribution is -2.60. The number of carbonyl (C=O) groups is 2. The Balaban J connectivity index is 2.31. The van der Waals surface area contributed by atoms with E-state index in [1.807, 2.05) is 13.8 Å². The van der Waals surface area contributed by atoms with Gasteiger partial charge in [-0.1, -0.05) is 44.0 Å².